The molecule has 1 amide bonds. The number of hydrogen-bond acceptors (Lipinski definition) is 4. The number of nitrogens with zero attached hydrogens (tertiary/aromatic N) is 2. The van der Waals surface area contributed by atoms with Gasteiger partial charge in [0.25, 0.3) is 5.91 Å². The zero-order valence-corrected chi connectivity index (χ0v) is 11.2. The molecule has 2 rings (SSSR count). The van der Waals surface area contributed by atoms with Gasteiger partial charge in [-0.1, -0.05) is 23.4 Å². The Balaban J connectivity index is 1.84. The number of ether oxygens (including phenoxy) is 1. The standard InChI is InChI=1S/C14H19N3O3/c15-13(16-19)8-9-17(11-6-7-11)14(18)10-20-12-4-2-1-3-5-12/h1-5,11,19H,6-10H2,(H2,15,16). The van der Waals surface area contributed by atoms with Gasteiger partial charge in [-0.3, -0.25) is 4.79 Å². The smallest absolute Gasteiger partial charge is 0.260 e. The van der Waals surface area contributed by atoms with Crippen LogP contribution >= 0.6 is 0 Å². The molecule has 0 radical (unpaired) electrons. The molecule has 0 atom stereocenters. The van der Waals surface area contributed by atoms with Crippen LogP contribution in [0.1, 0.15) is 19.3 Å². The van der Waals surface area contributed by atoms with Crippen LogP contribution in [0.4, 0.5) is 0 Å². The summed E-state index contributed by atoms with van der Waals surface area (Å²) in [5.74, 6) is 0.738. The number of rotatable bonds is 7. The summed E-state index contributed by atoms with van der Waals surface area (Å²) in [5.41, 5.74) is 5.44. The van der Waals surface area contributed by atoms with Gasteiger partial charge in [-0.25, -0.2) is 0 Å². The van der Waals surface area contributed by atoms with E-state index in [1.807, 2.05) is 30.3 Å². The van der Waals surface area contributed by atoms with Crippen molar-refractivity contribution in [2.75, 3.05) is 13.2 Å². The van der Waals surface area contributed by atoms with E-state index >= 15 is 0 Å². The van der Waals surface area contributed by atoms with Crippen molar-refractivity contribution in [1.29, 1.82) is 0 Å². The predicted octanol–water partition coefficient (Wildman–Crippen LogP) is 1.19. The minimum atomic E-state index is -0.0675. The number of oxime groups is 1. The second kappa shape index (κ2) is 6.79. The number of amides is 1. The molecular weight excluding hydrogens is 258 g/mol. The molecule has 20 heavy (non-hydrogen) atoms. The molecule has 0 aromatic heterocycles. The second-order valence-corrected chi connectivity index (χ2v) is 4.76. The van der Waals surface area contributed by atoms with Crippen LogP contribution in [0.2, 0.25) is 0 Å². The quantitative estimate of drug-likeness (QED) is 0.339. The van der Waals surface area contributed by atoms with Crippen LogP contribution in [-0.2, 0) is 4.79 Å². The maximum Gasteiger partial charge on any atom is 0.260 e. The highest BCUT2D eigenvalue weighted by atomic mass is 16.5. The normalized spacial score (nSPS) is 14.9. The topological polar surface area (TPSA) is 88.2 Å². The molecule has 1 aromatic carbocycles. The van der Waals surface area contributed by atoms with Crippen molar-refractivity contribution < 1.29 is 14.7 Å². The zero-order chi connectivity index (χ0) is 14.4. The summed E-state index contributed by atoms with van der Waals surface area (Å²) in [6, 6.07) is 9.50. The average molecular weight is 277 g/mol. The molecule has 1 saturated carbocycles. The molecule has 0 unspecified atom stereocenters. The van der Waals surface area contributed by atoms with Crippen LogP contribution in [0.5, 0.6) is 5.75 Å². The minimum absolute atomic E-state index is 0.0106. The summed E-state index contributed by atoms with van der Waals surface area (Å²) in [4.78, 5) is 13.9. The van der Waals surface area contributed by atoms with Crippen molar-refractivity contribution >= 4 is 11.7 Å². The highest BCUT2D eigenvalue weighted by Gasteiger charge is 2.32. The number of para-hydroxylation sites is 1. The van der Waals surface area contributed by atoms with Crippen LogP contribution in [-0.4, -0.2) is 41.0 Å². The lowest BCUT2D eigenvalue weighted by Gasteiger charge is -2.22. The van der Waals surface area contributed by atoms with E-state index in [4.69, 9.17) is 15.7 Å². The maximum atomic E-state index is 12.2. The van der Waals surface area contributed by atoms with E-state index in [2.05, 4.69) is 5.16 Å². The molecule has 6 nitrogen and oxygen atoms in total. The number of nitrogens with two attached hydrogens (primary N) is 1. The Morgan fingerprint density at radius 1 is 1.40 bits per heavy atom. The van der Waals surface area contributed by atoms with Crippen LogP contribution in [0, 0.1) is 0 Å². The first-order valence-corrected chi connectivity index (χ1v) is 6.64. The molecule has 0 spiro atoms. The SMILES string of the molecule is NC(CCN(C(=O)COc1ccccc1)C1CC1)=NO. The number of carbonyl (C=O) groups excluding carboxylic acids is 1. The monoisotopic (exact) mass is 277 g/mol. The molecule has 1 aliphatic rings. The molecule has 0 heterocycles. The summed E-state index contributed by atoms with van der Waals surface area (Å²) in [6.07, 6.45) is 2.38. The highest BCUT2D eigenvalue weighted by Crippen LogP contribution is 2.27. The van der Waals surface area contributed by atoms with Gasteiger partial charge in [0, 0.05) is 19.0 Å². The zero-order valence-electron chi connectivity index (χ0n) is 11.2. The number of benzene rings is 1. The van der Waals surface area contributed by atoms with Crippen molar-refractivity contribution in [3.63, 3.8) is 0 Å². The van der Waals surface area contributed by atoms with Crippen molar-refractivity contribution in [1.82, 2.24) is 4.90 Å². The Kier molecular flexibility index (Phi) is 4.81. The van der Waals surface area contributed by atoms with Gasteiger partial charge >= 0.3 is 0 Å². The number of hydrogen-bond donors (Lipinski definition) is 2. The molecular formula is C14H19N3O3. The minimum Gasteiger partial charge on any atom is -0.484 e. The first-order valence-electron chi connectivity index (χ1n) is 6.64. The fraction of sp³-hybridized carbons (Fsp3) is 0.429. The highest BCUT2D eigenvalue weighted by molar-refractivity contribution is 5.82. The van der Waals surface area contributed by atoms with Gasteiger partial charge in [0.1, 0.15) is 11.6 Å². The fourth-order valence-electron chi connectivity index (χ4n) is 1.93. The van der Waals surface area contributed by atoms with Crippen LogP contribution in [0.3, 0.4) is 0 Å². The first kappa shape index (κ1) is 14.2. The van der Waals surface area contributed by atoms with Crippen LogP contribution in [0.25, 0.3) is 0 Å². The number of carbonyl (C=O) groups is 1. The summed E-state index contributed by atoms with van der Waals surface area (Å²) >= 11 is 0. The van der Waals surface area contributed by atoms with E-state index in [-0.39, 0.29) is 24.4 Å². The molecule has 3 N–H and O–H groups in total. The molecule has 1 aromatic rings. The lowest BCUT2D eigenvalue weighted by Crippen LogP contribution is -2.38. The van der Waals surface area contributed by atoms with E-state index in [0.717, 1.165) is 12.8 Å². The Hall–Kier alpha value is -2.24. The van der Waals surface area contributed by atoms with E-state index in [1.165, 1.54) is 0 Å². The third-order valence-corrected chi connectivity index (χ3v) is 3.15. The molecule has 6 heteroatoms. The van der Waals surface area contributed by atoms with Gasteiger partial charge in [0.05, 0.1) is 0 Å². The van der Waals surface area contributed by atoms with Crippen molar-refractivity contribution in [2.24, 2.45) is 10.9 Å². The Bertz CT molecular complexity index is 472. The van der Waals surface area contributed by atoms with Crippen molar-refractivity contribution in [2.45, 2.75) is 25.3 Å². The summed E-state index contributed by atoms with van der Waals surface area (Å²) in [5, 5.41) is 11.4. The van der Waals surface area contributed by atoms with Gasteiger partial charge in [0.2, 0.25) is 0 Å². The Labute approximate surface area is 117 Å². The maximum absolute atomic E-state index is 12.2. The molecule has 1 aliphatic carbocycles. The van der Waals surface area contributed by atoms with Crippen LogP contribution in [0.15, 0.2) is 35.5 Å². The lowest BCUT2D eigenvalue weighted by molar-refractivity contribution is -0.133. The molecule has 0 aliphatic heterocycles. The van der Waals surface area contributed by atoms with Gasteiger partial charge in [0.15, 0.2) is 6.61 Å². The van der Waals surface area contributed by atoms with Crippen LogP contribution < -0.4 is 10.5 Å². The van der Waals surface area contributed by atoms with Gasteiger partial charge in [-0.05, 0) is 25.0 Å². The first-order chi connectivity index (χ1) is 9.70. The lowest BCUT2D eigenvalue weighted by atomic mass is 10.3. The third-order valence-electron chi connectivity index (χ3n) is 3.15. The fourth-order valence-corrected chi connectivity index (χ4v) is 1.93. The Morgan fingerprint density at radius 3 is 2.70 bits per heavy atom. The molecule has 0 bridgehead atoms. The average Bonchev–Trinajstić information content (AvgIpc) is 3.31. The van der Waals surface area contributed by atoms with Crippen molar-refractivity contribution in [3.05, 3.63) is 30.3 Å². The van der Waals surface area contributed by atoms with Gasteiger partial charge in [-0.15, -0.1) is 0 Å². The van der Waals surface area contributed by atoms with E-state index < -0.39 is 0 Å². The summed E-state index contributed by atoms with van der Waals surface area (Å²) < 4.78 is 5.46. The Morgan fingerprint density at radius 2 is 2.10 bits per heavy atom. The largest absolute Gasteiger partial charge is 0.484 e. The van der Waals surface area contributed by atoms with Crippen molar-refractivity contribution in [3.8, 4) is 5.75 Å². The van der Waals surface area contributed by atoms with E-state index in [0.29, 0.717) is 18.7 Å². The second-order valence-electron chi connectivity index (χ2n) is 4.76. The van der Waals surface area contributed by atoms with E-state index in [1.54, 1.807) is 4.90 Å². The summed E-state index contributed by atoms with van der Waals surface area (Å²) in [6.45, 7) is 0.466. The molecule has 108 valence electrons. The summed E-state index contributed by atoms with van der Waals surface area (Å²) in [7, 11) is 0. The number of amidine groups is 1. The molecule has 1 fully saturated rings. The van der Waals surface area contributed by atoms with Gasteiger partial charge in [-0.2, -0.15) is 0 Å². The molecule has 0 saturated heterocycles. The van der Waals surface area contributed by atoms with Gasteiger partial charge < -0.3 is 20.6 Å². The van der Waals surface area contributed by atoms with E-state index in [9.17, 15) is 4.79 Å². The predicted molar refractivity (Wildman–Crippen MR) is 74.7 cm³/mol. The third kappa shape index (κ3) is 4.15.